The minimum Gasteiger partial charge on any atom is -0.496 e. The molecule has 0 aromatic heterocycles. The van der Waals surface area contributed by atoms with Crippen LogP contribution in [0.5, 0.6) is 5.75 Å². The van der Waals surface area contributed by atoms with Crippen molar-refractivity contribution in [3.05, 3.63) is 29.8 Å². The molecule has 1 N–H and O–H groups in total. The lowest BCUT2D eigenvalue weighted by Crippen LogP contribution is -2.50. The molecule has 5 nitrogen and oxygen atoms in total. The smallest absolute Gasteiger partial charge is 0.251 e. The summed E-state index contributed by atoms with van der Waals surface area (Å²) in [5.74, 6) is 0.719. The number of aliphatic hydroxyl groups excluding tert-OH is 1. The lowest BCUT2D eigenvalue weighted by molar-refractivity contribution is -0.141. The van der Waals surface area contributed by atoms with E-state index in [2.05, 4.69) is 11.0 Å². The number of para-hydroxylation sites is 1. The second kappa shape index (κ2) is 6.72. The van der Waals surface area contributed by atoms with E-state index in [1.165, 1.54) is 6.92 Å². The molecule has 1 fully saturated rings. The first-order valence-corrected chi connectivity index (χ1v) is 6.93. The number of hydrogen-bond donors (Lipinski definition) is 1. The lowest BCUT2D eigenvalue weighted by atomic mass is 10.1. The Morgan fingerprint density at radius 1 is 1.30 bits per heavy atom. The summed E-state index contributed by atoms with van der Waals surface area (Å²) in [6.07, 6.45) is -0.907. The van der Waals surface area contributed by atoms with E-state index in [1.807, 2.05) is 18.2 Å². The normalized spacial score (nSPS) is 17.9. The summed E-state index contributed by atoms with van der Waals surface area (Å²) < 4.78 is 5.35. The Bertz CT molecular complexity index is 454. The molecule has 0 bridgehead atoms. The zero-order valence-corrected chi connectivity index (χ0v) is 12.1. The molecule has 1 aliphatic rings. The summed E-state index contributed by atoms with van der Waals surface area (Å²) in [5.41, 5.74) is 1.16. The molecule has 0 spiro atoms. The zero-order chi connectivity index (χ0) is 14.5. The fraction of sp³-hybridized carbons (Fsp3) is 0.533. The van der Waals surface area contributed by atoms with Gasteiger partial charge in [-0.2, -0.15) is 0 Å². The number of benzene rings is 1. The number of piperazine rings is 1. The second-order valence-corrected chi connectivity index (χ2v) is 5.09. The first kappa shape index (κ1) is 14.8. The third-order valence-electron chi connectivity index (χ3n) is 3.63. The minimum absolute atomic E-state index is 0.179. The van der Waals surface area contributed by atoms with Crippen molar-refractivity contribution in [3.8, 4) is 5.75 Å². The highest BCUT2D eigenvalue weighted by Crippen LogP contribution is 2.20. The van der Waals surface area contributed by atoms with E-state index in [0.29, 0.717) is 13.1 Å². The summed E-state index contributed by atoms with van der Waals surface area (Å²) in [7, 11) is 1.68. The van der Waals surface area contributed by atoms with Crippen molar-refractivity contribution in [1.82, 2.24) is 9.80 Å². The first-order chi connectivity index (χ1) is 9.61. The van der Waals surface area contributed by atoms with Crippen LogP contribution in [0.2, 0.25) is 0 Å². The van der Waals surface area contributed by atoms with Crippen LogP contribution in [-0.2, 0) is 11.3 Å². The predicted octanol–water partition coefficient (Wildman–Crippen LogP) is 0.720. The number of methoxy groups -OCH3 is 1. The molecule has 1 amide bonds. The molecule has 1 heterocycles. The van der Waals surface area contributed by atoms with Gasteiger partial charge in [-0.15, -0.1) is 0 Å². The zero-order valence-electron chi connectivity index (χ0n) is 12.1. The third-order valence-corrected chi connectivity index (χ3v) is 3.63. The third kappa shape index (κ3) is 3.49. The van der Waals surface area contributed by atoms with Gasteiger partial charge in [0.1, 0.15) is 11.9 Å². The van der Waals surface area contributed by atoms with E-state index in [0.717, 1.165) is 30.9 Å². The maximum Gasteiger partial charge on any atom is 0.251 e. The highest BCUT2D eigenvalue weighted by molar-refractivity contribution is 5.80. The van der Waals surface area contributed by atoms with E-state index in [1.54, 1.807) is 12.0 Å². The number of amides is 1. The molecule has 1 aromatic rings. The van der Waals surface area contributed by atoms with Crippen molar-refractivity contribution in [2.24, 2.45) is 0 Å². The van der Waals surface area contributed by atoms with E-state index >= 15 is 0 Å². The molecule has 20 heavy (non-hydrogen) atoms. The fourth-order valence-electron chi connectivity index (χ4n) is 2.47. The maximum atomic E-state index is 11.7. The summed E-state index contributed by atoms with van der Waals surface area (Å²) in [6.45, 7) is 5.30. The van der Waals surface area contributed by atoms with Gasteiger partial charge in [0.15, 0.2) is 0 Å². The lowest BCUT2D eigenvalue weighted by Gasteiger charge is -2.35. The van der Waals surface area contributed by atoms with Gasteiger partial charge < -0.3 is 14.7 Å². The van der Waals surface area contributed by atoms with Crippen LogP contribution >= 0.6 is 0 Å². The van der Waals surface area contributed by atoms with Crippen molar-refractivity contribution in [1.29, 1.82) is 0 Å². The molecule has 0 aliphatic carbocycles. The minimum atomic E-state index is -0.907. The molecular weight excluding hydrogens is 256 g/mol. The first-order valence-electron chi connectivity index (χ1n) is 6.93. The topological polar surface area (TPSA) is 53.0 Å². The average molecular weight is 278 g/mol. The van der Waals surface area contributed by atoms with Crippen LogP contribution in [0, 0.1) is 0 Å². The van der Waals surface area contributed by atoms with E-state index in [9.17, 15) is 9.90 Å². The van der Waals surface area contributed by atoms with Crippen molar-refractivity contribution in [2.45, 2.75) is 19.6 Å². The van der Waals surface area contributed by atoms with Gasteiger partial charge in [0.25, 0.3) is 5.91 Å². The van der Waals surface area contributed by atoms with Crippen molar-refractivity contribution in [3.63, 3.8) is 0 Å². The number of hydrogen-bond acceptors (Lipinski definition) is 4. The van der Waals surface area contributed by atoms with Gasteiger partial charge in [0.05, 0.1) is 7.11 Å². The standard InChI is InChI=1S/C15H22N2O3/c1-12(18)15(19)17-9-7-16(8-10-17)11-13-5-3-4-6-14(13)20-2/h3-6,12,18H,7-11H2,1-2H3. The van der Waals surface area contributed by atoms with Crippen LogP contribution in [-0.4, -0.2) is 60.2 Å². The Kier molecular flexibility index (Phi) is 4.98. The highest BCUT2D eigenvalue weighted by Gasteiger charge is 2.23. The fourth-order valence-corrected chi connectivity index (χ4v) is 2.47. The van der Waals surface area contributed by atoms with Crippen LogP contribution in [0.1, 0.15) is 12.5 Å². The van der Waals surface area contributed by atoms with Crippen LogP contribution in [0.4, 0.5) is 0 Å². The van der Waals surface area contributed by atoms with Gasteiger partial charge in [-0.1, -0.05) is 18.2 Å². The van der Waals surface area contributed by atoms with Gasteiger partial charge in [0, 0.05) is 38.3 Å². The van der Waals surface area contributed by atoms with Crippen molar-refractivity contribution >= 4 is 5.91 Å². The van der Waals surface area contributed by atoms with Crippen molar-refractivity contribution in [2.75, 3.05) is 33.3 Å². The Morgan fingerprint density at radius 3 is 2.55 bits per heavy atom. The average Bonchev–Trinajstić information content (AvgIpc) is 2.48. The summed E-state index contributed by atoms with van der Waals surface area (Å²) >= 11 is 0. The quantitative estimate of drug-likeness (QED) is 0.882. The Labute approximate surface area is 119 Å². The van der Waals surface area contributed by atoms with E-state index in [4.69, 9.17) is 4.74 Å². The molecular formula is C15H22N2O3. The monoisotopic (exact) mass is 278 g/mol. The van der Waals surface area contributed by atoms with Crippen LogP contribution in [0.3, 0.4) is 0 Å². The van der Waals surface area contributed by atoms with E-state index < -0.39 is 6.10 Å². The Hall–Kier alpha value is -1.59. The number of carbonyl (C=O) groups is 1. The molecule has 1 unspecified atom stereocenters. The summed E-state index contributed by atoms with van der Waals surface area (Å²) in [5, 5.41) is 9.32. The van der Waals surface area contributed by atoms with Crippen LogP contribution in [0.25, 0.3) is 0 Å². The highest BCUT2D eigenvalue weighted by atomic mass is 16.5. The van der Waals surface area contributed by atoms with E-state index in [-0.39, 0.29) is 5.91 Å². The van der Waals surface area contributed by atoms with Crippen molar-refractivity contribution < 1.29 is 14.6 Å². The van der Waals surface area contributed by atoms with Gasteiger partial charge in [-0.25, -0.2) is 0 Å². The largest absolute Gasteiger partial charge is 0.496 e. The molecule has 110 valence electrons. The molecule has 0 radical (unpaired) electrons. The molecule has 0 saturated carbocycles. The summed E-state index contributed by atoms with van der Waals surface area (Å²) in [6, 6.07) is 7.99. The second-order valence-electron chi connectivity index (χ2n) is 5.09. The molecule has 1 saturated heterocycles. The van der Waals surface area contributed by atoms with Gasteiger partial charge in [-0.3, -0.25) is 9.69 Å². The molecule has 5 heteroatoms. The predicted molar refractivity (Wildman–Crippen MR) is 76.5 cm³/mol. The molecule has 2 rings (SSSR count). The molecule has 1 aromatic carbocycles. The molecule has 1 atom stereocenters. The van der Waals surface area contributed by atoms with Gasteiger partial charge >= 0.3 is 0 Å². The van der Waals surface area contributed by atoms with Crippen LogP contribution < -0.4 is 4.74 Å². The number of aliphatic hydroxyl groups is 1. The molecule has 1 aliphatic heterocycles. The maximum absolute atomic E-state index is 11.7. The number of rotatable bonds is 4. The summed E-state index contributed by atoms with van der Waals surface area (Å²) in [4.78, 5) is 15.7. The van der Waals surface area contributed by atoms with Gasteiger partial charge in [-0.05, 0) is 13.0 Å². The Balaban J connectivity index is 1.90. The SMILES string of the molecule is COc1ccccc1CN1CCN(C(=O)C(C)O)CC1. The van der Waals surface area contributed by atoms with Crippen LogP contribution in [0.15, 0.2) is 24.3 Å². The van der Waals surface area contributed by atoms with Gasteiger partial charge in [0.2, 0.25) is 0 Å². The number of nitrogens with zero attached hydrogens (tertiary/aromatic N) is 2. The number of ether oxygens (including phenoxy) is 1. The Morgan fingerprint density at radius 2 is 1.95 bits per heavy atom. The number of carbonyl (C=O) groups excluding carboxylic acids is 1.